The van der Waals surface area contributed by atoms with Crippen LogP contribution in [-0.2, 0) is 16.1 Å². The van der Waals surface area contributed by atoms with E-state index in [1.54, 1.807) is 31.6 Å². The standard InChI is InChI=1S/C36H32N4O5S/c1-5-44-33-27(15-11-17-29(33)43-4)32-31(35(42)45-6-2)22(3)38-36-40(32)34(41)30(46-36)18-25-21-39(28-16-10-9-14-26(25)28)20-24-13-8-7-12-23(24)19-37/h7-18,21,32H,5-6,20H2,1-4H3/b30-18+/t32-/m0/s1. The molecule has 0 saturated heterocycles. The van der Waals surface area contributed by atoms with Gasteiger partial charge in [0.25, 0.3) is 5.56 Å². The summed E-state index contributed by atoms with van der Waals surface area (Å²) in [5.74, 6) is 0.392. The normalized spacial score (nSPS) is 14.5. The van der Waals surface area contributed by atoms with E-state index in [1.807, 2.05) is 79.9 Å². The van der Waals surface area contributed by atoms with Gasteiger partial charge in [0.1, 0.15) is 6.04 Å². The molecule has 5 aromatic rings. The molecule has 1 aliphatic rings. The van der Waals surface area contributed by atoms with E-state index in [2.05, 4.69) is 10.6 Å². The van der Waals surface area contributed by atoms with E-state index in [-0.39, 0.29) is 17.7 Å². The Labute approximate surface area is 269 Å². The van der Waals surface area contributed by atoms with Gasteiger partial charge < -0.3 is 18.8 Å². The summed E-state index contributed by atoms with van der Waals surface area (Å²) in [5, 5.41) is 10.6. The lowest BCUT2D eigenvalue weighted by Crippen LogP contribution is -2.40. The maximum absolute atomic E-state index is 14.4. The highest BCUT2D eigenvalue weighted by Crippen LogP contribution is 2.40. The van der Waals surface area contributed by atoms with Crippen molar-refractivity contribution >= 4 is 34.3 Å². The van der Waals surface area contributed by atoms with Crippen LogP contribution < -0.4 is 24.4 Å². The summed E-state index contributed by atoms with van der Waals surface area (Å²) in [5.41, 5.74) is 4.39. The minimum absolute atomic E-state index is 0.173. The predicted molar refractivity (Wildman–Crippen MR) is 177 cm³/mol. The lowest BCUT2D eigenvalue weighted by atomic mass is 9.94. The van der Waals surface area contributed by atoms with E-state index < -0.39 is 12.0 Å². The third-order valence-electron chi connectivity index (χ3n) is 7.91. The molecule has 46 heavy (non-hydrogen) atoms. The topological polar surface area (TPSA) is 108 Å². The SMILES string of the molecule is CCOC(=O)C1=C(C)N=c2s/c(=C/c3cn(Cc4ccccc4C#N)c4ccccc34)c(=O)n2[C@H]1c1cccc(OC)c1OCC. The summed E-state index contributed by atoms with van der Waals surface area (Å²) >= 11 is 1.26. The predicted octanol–water partition coefficient (Wildman–Crippen LogP) is 5.08. The molecular formula is C36H32N4O5S. The summed E-state index contributed by atoms with van der Waals surface area (Å²) in [6, 6.07) is 22.4. The van der Waals surface area contributed by atoms with Gasteiger partial charge in [0.15, 0.2) is 16.3 Å². The summed E-state index contributed by atoms with van der Waals surface area (Å²) < 4.78 is 21.2. The number of para-hydroxylation sites is 2. The lowest BCUT2D eigenvalue weighted by molar-refractivity contribution is -0.139. The first-order valence-electron chi connectivity index (χ1n) is 14.9. The van der Waals surface area contributed by atoms with Gasteiger partial charge in [-0.25, -0.2) is 9.79 Å². The number of fused-ring (bicyclic) bond motifs is 2. The molecule has 0 amide bonds. The molecular weight excluding hydrogens is 600 g/mol. The van der Waals surface area contributed by atoms with Crippen molar-refractivity contribution in [2.45, 2.75) is 33.4 Å². The number of aromatic nitrogens is 2. The number of carbonyl (C=O) groups excluding carboxylic acids is 1. The van der Waals surface area contributed by atoms with Crippen molar-refractivity contribution in [1.29, 1.82) is 5.26 Å². The quantitative estimate of drug-likeness (QED) is 0.210. The highest BCUT2D eigenvalue weighted by Gasteiger charge is 2.36. The molecule has 2 aromatic heterocycles. The number of thiazole rings is 1. The van der Waals surface area contributed by atoms with Crippen LogP contribution in [0.25, 0.3) is 17.0 Å². The van der Waals surface area contributed by atoms with Crippen molar-refractivity contribution in [3.05, 3.63) is 126 Å². The first-order chi connectivity index (χ1) is 22.4. The van der Waals surface area contributed by atoms with E-state index in [1.165, 1.54) is 11.3 Å². The fraction of sp³-hybridized carbons (Fsp3) is 0.222. The number of methoxy groups -OCH3 is 1. The summed E-state index contributed by atoms with van der Waals surface area (Å²) in [4.78, 5) is 33.0. The smallest absolute Gasteiger partial charge is 0.338 e. The third kappa shape index (κ3) is 5.39. The molecule has 0 fully saturated rings. The molecule has 0 saturated carbocycles. The van der Waals surface area contributed by atoms with Gasteiger partial charge in [0.2, 0.25) is 0 Å². The molecule has 0 aliphatic carbocycles. The molecule has 0 spiro atoms. The number of ether oxygens (including phenoxy) is 3. The van der Waals surface area contributed by atoms with Crippen molar-refractivity contribution in [1.82, 2.24) is 9.13 Å². The van der Waals surface area contributed by atoms with Crippen LogP contribution in [0.5, 0.6) is 11.5 Å². The Hall–Kier alpha value is -5.40. The maximum atomic E-state index is 14.4. The largest absolute Gasteiger partial charge is 0.493 e. The van der Waals surface area contributed by atoms with Crippen LogP contribution in [-0.4, -0.2) is 35.4 Å². The van der Waals surface area contributed by atoms with Crippen LogP contribution in [0.1, 0.15) is 49.1 Å². The first-order valence-corrected chi connectivity index (χ1v) is 15.8. The Morgan fingerprint density at radius 2 is 1.85 bits per heavy atom. The summed E-state index contributed by atoms with van der Waals surface area (Å²) in [7, 11) is 1.55. The van der Waals surface area contributed by atoms with Gasteiger partial charge in [-0.3, -0.25) is 9.36 Å². The molecule has 3 aromatic carbocycles. The Morgan fingerprint density at radius 3 is 2.61 bits per heavy atom. The average molecular weight is 633 g/mol. The highest BCUT2D eigenvalue weighted by atomic mass is 32.1. The van der Waals surface area contributed by atoms with Gasteiger partial charge in [0.05, 0.1) is 47.8 Å². The van der Waals surface area contributed by atoms with Gasteiger partial charge >= 0.3 is 5.97 Å². The zero-order valence-electron chi connectivity index (χ0n) is 25.9. The highest BCUT2D eigenvalue weighted by molar-refractivity contribution is 7.07. The third-order valence-corrected chi connectivity index (χ3v) is 8.90. The van der Waals surface area contributed by atoms with Gasteiger partial charge in [-0.15, -0.1) is 0 Å². The molecule has 0 bridgehead atoms. The number of esters is 1. The van der Waals surface area contributed by atoms with Crippen LogP contribution in [0.2, 0.25) is 0 Å². The first kappa shape index (κ1) is 30.6. The molecule has 6 rings (SSSR count). The van der Waals surface area contributed by atoms with Crippen molar-refractivity contribution < 1.29 is 19.0 Å². The zero-order valence-corrected chi connectivity index (χ0v) is 26.8. The Morgan fingerprint density at radius 1 is 1.07 bits per heavy atom. The van der Waals surface area contributed by atoms with Crippen molar-refractivity contribution in [2.24, 2.45) is 4.99 Å². The number of allylic oxidation sites excluding steroid dienone is 1. The second kappa shape index (κ2) is 12.9. The van der Waals surface area contributed by atoms with Crippen LogP contribution in [0.15, 0.2) is 94.0 Å². The maximum Gasteiger partial charge on any atom is 0.338 e. The second-order valence-corrected chi connectivity index (χ2v) is 11.6. The number of nitriles is 1. The van der Waals surface area contributed by atoms with E-state index in [0.717, 1.165) is 22.0 Å². The van der Waals surface area contributed by atoms with E-state index >= 15 is 0 Å². The van der Waals surface area contributed by atoms with E-state index in [9.17, 15) is 14.9 Å². The van der Waals surface area contributed by atoms with Crippen molar-refractivity contribution in [2.75, 3.05) is 20.3 Å². The molecule has 1 aliphatic heterocycles. The van der Waals surface area contributed by atoms with Crippen LogP contribution >= 0.6 is 11.3 Å². The van der Waals surface area contributed by atoms with Crippen LogP contribution in [0.4, 0.5) is 0 Å². The number of rotatable bonds is 9. The van der Waals surface area contributed by atoms with E-state index in [0.29, 0.717) is 50.8 Å². The number of benzene rings is 3. The molecule has 0 radical (unpaired) electrons. The Balaban J connectivity index is 1.55. The average Bonchev–Trinajstić information content (AvgIpc) is 3.56. The van der Waals surface area contributed by atoms with Crippen molar-refractivity contribution in [3.63, 3.8) is 0 Å². The van der Waals surface area contributed by atoms with E-state index in [4.69, 9.17) is 19.2 Å². The fourth-order valence-electron chi connectivity index (χ4n) is 5.91. The number of nitrogens with zero attached hydrogens (tertiary/aromatic N) is 4. The van der Waals surface area contributed by atoms with Gasteiger partial charge in [-0.1, -0.05) is 59.9 Å². The molecule has 0 unspecified atom stereocenters. The molecule has 10 heteroatoms. The molecule has 1 atom stereocenters. The molecule has 3 heterocycles. The van der Waals surface area contributed by atoms with Gasteiger partial charge in [-0.2, -0.15) is 5.26 Å². The molecule has 0 N–H and O–H groups in total. The van der Waals surface area contributed by atoms with Crippen LogP contribution in [0, 0.1) is 11.3 Å². The minimum Gasteiger partial charge on any atom is -0.493 e. The van der Waals surface area contributed by atoms with Gasteiger partial charge in [0, 0.05) is 34.8 Å². The lowest BCUT2D eigenvalue weighted by Gasteiger charge is -2.26. The minimum atomic E-state index is -0.849. The van der Waals surface area contributed by atoms with Crippen LogP contribution in [0.3, 0.4) is 0 Å². The molecule has 9 nitrogen and oxygen atoms in total. The monoisotopic (exact) mass is 632 g/mol. The van der Waals surface area contributed by atoms with Crippen molar-refractivity contribution in [3.8, 4) is 17.6 Å². The fourth-order valence-corrected chi connectivity index (χ4v) is 6.94. The summed E-state index contributed by atoms with van der Waals surface area (Å²) in [6.45, 7) is 6.39. The number of hydrogen-bond acceptors (Lipinski definition) is 8. The number of hydrogen-bond donors (Lipinski definition) is 0. The number of carbonyl (C=O) groups is 1. The van der Waals surface area contributed by atoms with Gasteiger partial charge in [-0.05, 0) is 50.6 Å². The zero-order chi connectivity index (χ0) is 32.4. The Bertz CT molecular complexity index is 2230. The molecule has 232 valence electrons. The Kier molecular flexibility index (Phi) is 8.59. The second-order valence-electron chi connectivity index (χ2n) is 10.6. The summed E-state index contributed by atoms with van der Waals surface area (Å²) in [6.07, 6.45) is 3.87.